The summed E-state index contributed by atoms with van der Waals surface area (Å²) in [5.41, 5.74) is 0.819. The van der Waals surface area contributed by atoms with Crippen LogP contribution < -0.4 is 5.32 Å². The van der Waals surface area contributed by atoms with Gasteiger partial charge in [0.05, 0.1) is 0 Å². The van der Waals surface area contributed by atoms with Gasteiger partial charge in [-0.3, -0.25) is 0 Å². The Bertz CT molecular complexity index is 82.1. The van der Waals surface area contributed by atoms with Gasteiger partial charge in [0, 0.05) is 12.7 Å². The Labute approximate surface area is 43.9 Å². The summed E-state index contributed by atoms with van der Waals surface area (Å²) in [6.45, 7) is 3.46. The molecule has 0 bridgehead atoms. The second-order valence-corrected chi connectivity index (χ2v) is 1.46. The Balaban J connectivity index is 3.72. The lowest BCUT2D eigenvalue weighted by Crippen LogP contribution is -2.03. The number of allylic oxidation sites excluding steroid dienone is 2. The summed E-state index contributed by atoms with van der Waals surface area (Å²) in [6, 6.07) is 0. The highest BCUT2D eigenvalue weighted by molar-refractivity contribution is 4.97. The molecule has 0 atom stereocenters. The molecule has 0 heterocycles. The van der Waals surface area contributed by atoms with Crippen molar-refractivity contribution in [1.82, 2.24) is 5.32 Å². The minimum atomic E-state index is 0.350. The predicted molar refractivity (Wildman–Crippen MR) is 30.1 cm³/mol. The Morgan fingerprint density at radius 2 is 1.86 bits per heavy atom. The van der Waals surface area contributed by atoms with Gasteiger partial charge in [0.1, 0.15) is 5.76 Å². The molecule has 0 aromatic rings. The average Bonchev–Trinajstić information content (AvgIpc) is 1.65. The minimum absolute atomic E-state index is 0.350. The molecule has 0 saturated carbocycles. The van der Waals surface area contributed by atoms with Crippen LogP contribution in [0.4, 0.5) is 0 Å². The Morgan fingerprint density at radius 1 is 1.43 bits per heavy atom. The van der Waals surface area contributed by atoms with Gasteiger partial charge in [-0.2, -0.15) is 0 Å². The molecular formula is C5H11NO. The number of nitrogens with one attached hydrogen (secondary N) is 1. The summed E-state index contributed by atoms with van der Waals surface area (Å²) in [4.78, 5) is 0. The number of rotatable bonds is 1. The number of hydrogen-bond donors (Lipinski definition) is 2. The molecule has 0 rings (SSSR count). The highest BCUT2D eigenvalue weighted by Crippen LogP contribution is 1.90. The third kappa shape index (κ3) is 2.09. The topological polar surface area (TPSA) is 32.3 Å². The summed E-state index contributed by atoms with van der Waals surface area (Å²) in [7, 11) is 1.77. The van der Waals surface area contributed by atoms with Crippen molar-refractivity contribution in [2.75, 3.05) is 7.05 Å². The van der Waals surface area contributed by atoms with Crippen LogP contribution in [0, 0.1) is 0 Å². The van der Waals surface area contributed by atoms with Crippen molar-refractivity contribution in [3.05, 3.63) is 11.5 Å². The minimum Gasteiger partial charge on any atom is -0.511 e. The average molecular weight is 101 g/mol. The van der Waals surface area contributed by atoms with Gasteiger partial charge in [-0.15, -0.1) is 0 Å². The maximum absolute atomic E-state index is 8.64. The van der Waals surface area contributed by atoms with E-state index in [1.54, 1.807) is 14.0 Å². The molecule has 0 aliphatic heterocycles. The Kier molecular flexibility index (Phi) is 2.27. The molecule has 0 fully saturated rings. The van der Waals surface area contributed by atoms with Crippen LogP contribution in [0.25, 0.3) is 0 Å². The first kappa shape index (κ1) is 6.34. The van der Waals surface area contributed by atoms with Gasteiger partial charge in [0.25, 0.3) is 0 Å². The Hall–Kier alpha value is -0.660. The molecule has 2 nitrogen and oxygen atoms in total. The molecule has 0 radical (unpaired) electrons. The van der Waals surface area contributed by atoms with Gasteiger partial charge >= 0.3 is 0 Å². The summed E-state index contributed by atoms with van der Waals surface area (Å²) >= 11 is 0. The third-order valence-electron chi connectivity index (χ3n) is 0.918. The Morgan fingerprint density at radius 3 is 1.86 bits per heavy atom. The lowest BCUT2D eigenvalue weighted by atomic mass is 10.4. The van der Waals surface area contributed by atoms with Crippen molar-refractivity contribution in [1.29, 1.82) is 0 Å². The van der Waals surface area contributed by atoms with Gasteiger partial charge in [0.15, 0.2) is 0 Å². The van der Waals surface area contributed by atoms with Gasteiger partial charge in [-0.1, -0.05) is 0 Å². The van der Waals surface area contributed by atoms with Crippen LogP contribution in [0.1, 0.15) is 13.8 Å². The van der Waals surface area contributed by atoms with Gasteiger partial charge in [0.2, 0.25) is 0 Å². The number of hydrogen-bond acceptors (Lipinski definition) is 2. The van der Waals surface area contributed by atoms with Crippen LogP contribution in [0.3, 0.4) is 0 Å². The summed E-state index contributed by atoms with van der Waals surface area (Å²) in [5, 5.41) is 11.4. The largest absolute Gasteiger partial charge is 0.511 e. The van der Waals surface area contributed by atoms with E-state index in [1.807, 2.05) is 6.92 Å². The molecule has 0 amide bonds. The molecule has 0 unspecified atom stereocenters. The molecule has 2 heteroatoms. The lowest BCUT2D eigenvalue weighted by Gasteiger charge is -1.97. The van der Waals surface area contributed by atoms with E-state index in [0.29, 0.717) is 5.76 Å². The molecule has 0 spiro atoms. The summed E-state index contributed by atoms with van der Waals surface area (Å²) < 4.78 is 0. The van der Waals surface area contributed by atoms with Crippen molar-refractivity contribution in [3.8, 4) is 0 Å². The van der Waals surface area contributed by atoms with Crippen molar-refractivity contribution in [2.24, 2.45) is 0 Å². The van der Waals surface area contributed by atoms with Crippen molar-refractivity contribution in [2.45, 2.75) is 13.8 Å². The van der Waals surface area contributed by atoms with Gasteiger partial charge < -0.3 is 10.4 Å². The predicted octanol–water partition coefficient (Wildman–Crippen LogP) is 1.02. The molecule has 2 N–H and O–H groups in total. The van der Waals surface area contributed by atoms with E-state index < -0.39 is 0 Å². The highest BCUT2D eigenvalue weighted by atomic mass is 16.3. The fraction of sp³-hybridized carbons (Fsp3) is 0.600. The first-order valence-electron chi connectivity index (χ1n) is 2.22. The van der Waals surface area contributed by atoms with Crippen molar-refractivity contribution >= 4 is 0 Å². The quantitative estimate of drug-likeness (QED) is 0.483. The van der Waals surface area contributed by atoms with Crippen molar-refractivity contribution < 1.29 is 5.11 Å². The van der Waals surface area contributed by atoms with Crippen LogP contribution in [-0.4, -0.2) is 12.2 Å². The van der Waals surface area contributed by atoms with E-state index in [4.69, 9.17) is 5.11 Å². The van der Waals surface area contributed by atoms with Crippen LogP contribution >= 0.6 is 0 Å². The van der Waals surface area contributed by atoms with Crippen LogP contribution in [0.5, 0.6) is 0 Å². The fourth-order valence-corrected chi connectivity index (χ4v) is 0.181. The first-order valence-corrected chi connectivity index (χ1v) is 2.22. The van der Waals surface area contributed by atoms with E-state index in [0.717, 1.165) is 5.70 Å². The van der Waals surface area contributed by atoms with Crippen LogP contribution in [-0.2, 0) is 0 Å². The highest BCUT2D eigenvalue weighted by Gasteiger charge is 1.84. The zero-order valence-corrected chi connectivity index (χ0v) is 4.95. The standard InChI is InChI=1S/C5H11NO/c1-4(6-3)5(2)7/h6-7H,1-3H3/b5-4-. The maximum atomic E-state index is 8.64. The molecule has 0 aromatic heterocycles. The zero-order chi connectivity index (χ0) is 5.86. The van der Waals surface area contributed by atoms with E-state index in [9.17, 15) is 0 Å². The smallest absolute Gasteiger partial charge is 0.108 e. The SMILES string of the molecule is CN/C(C)=C(/C)O. The molecule has 0 aromatic carbocycles. The monoisotopic (exact) mass is 101 g/mol. The molecule has 7 heavy (non-hydrogen) atoms. The first-order chi connectivity index (χ1) is 3.18. The normalized spacial score (nSPS) is 13.0. The van der Waals surface area contributed by atoms with Crippen LogP contribution in [0.2, 0.25) is 0 Å². The number of aliphatic hydroxyl groups excluding tert-OH is 1. The molecule has 0 aliphatic carbocycles. The molecule has 0 aliphatic rings. The summed E-state index contributed by atoms with van der Waals surface area (Å²) in [6.07, 6.45) is 0. The van der Waals surface area contributed by atoms with Gasteiger partial charge in [-0.25, -0.2) is 0 Å². The summed E-state index contributed by atoms with van der Waals surface area (Å²) in [5.74, 6) is 0.350. The number of aliphatic hydroxyl groups is 1. The van der Waals surface area contributed by atoms with E-state index in [1.165, 1.54) is 0 Å². The molecular weight excluding hydrogens is 90.1 g/mol. The van der Waals surface area contributed by atoms with E-state index in [-0.39, 0.29) is 0 Å². The van der Waals surface area contributed by atoms with Gasteiger partial charge in [-0.05, 0) is 13.8 Å². The second-order valence-electron chi connectivity index (χ2n) is 1.46. The maximum Gasteiger partial charge on any atom is 0.108 e. The third-order valence-corrected chi connectivity index (χ3v) is 0.918. The molecule has 0 saturated heterocycles. The van der Waals surface area contributed by atoms with Crippen LogP contribution in [0.15, 0.2) is 11.5 Å². The fourth-order valence-electron chi connectivity index (χ4n) is 0.181. The lowest BCUT2D eigenvalue weighted by molar-refractivity contribution is 0.402. The molecule has 42 valence electrons. The van der Waals surface area contributed by atoms with E-state index in [2.05, 4.69) is 5.32 Å². The van der Waals surface area contributed by atoms with Crippen molar-refractivity contribution in [3.63, 3.8) is 0 Å². The second kappa shape index (κ2) is 2.50. The zero-order valence-electron chi connectivity index (χ0n) is 4.95. The van der Waals surface area contributed by atoms with E-state index >= 15 is 0 Å².